The van der Waals surface area contributed by atoms with Crippen molar-refractivity contribution < 1.29 is 9.90 Å². The number of halogens is 1. The number of nitrogens with zero attached hydrogens (tertiary/aromatic N) is 3. The van der Waals surface area contributed by atoms with E-state index in [4.69, 9.17) is 16.7 Å². The molecule has 88 valence electrons. The van der Waals surface area contributed by atoms with Crippen molar-refractivity contribution >= 4 is 17.6 Å². The highest BCUT2D eigenvalue weighted by molar-refractivity contribution is 6.31. The van der Waals surface area contributed by atoms with Crippen LogP contribution < -0.4 is 0 Å². The standard InChI is InChI=1S/C11H10ClN3O2/c1-7-9(11(16)17)4-14-15(7)6-8-2-3-13-5-10(8)12/h2-5H,6H2,1H3,(H,16,17). The van der Waals surface area contributed by atoms with Crippen LogP contribution in [0.15, 0.2) is 24.7 Å². The third kappa shape index (κ3) is 2.29. The molecule has 2 rings (SSSR count). The van der Waals surface area contributed by atoms with E-state index >= 15 is 0 Å². The molecule has 1 N–H and O–H groups in total. The zero-order valence-electron chi connectivity index (χ0n) is 9.09. The van der Waals surface area contributed by atoms with E-state index in [1.807, 2.05) is 0 Å². The van der Waals surface area contributed by atoms with Gasteiger partial charge in [-0.05, 0) is 18.6 Å². The molecule has 0 bridgehead atoms. The molecule has 0 aliphatic heterocycles. The number of hydrogen-bond donors (Lipinski definition) is 1. The fraction of sp³-hybridized carbons (Fsp3) is 0.182. The lowest BCUT2D eigenvalue weighted by Gasteiger charge is -2.06. The largest absolute Gasteiger partial charge is 0.478 e. The van der Waals surface area contributed by atoms with Gasteiger partial charge in [-0.3, -0.25) is 9.67 Å². The number of aromatic nitrogens is 3. The van der Waals surface area contributed by atoms with Crippen molar-refractivity contribution in [2.75, 3.05) is 0 Å². The van der Waals surface area contributed by atoms with Crippen LogP contribution in [-0.4, -0.2) is 25.8 Å². The van der Waals surface area contributed by atoms with E-state index in [1.54, 1.807) is 30.1 Å². The van der Waals surface area contributed by atoms with Gasteiger partial charge < -0.3 is 5.11 Å². The third-order valence-corrected chi connectivity index (χ3v) is 2.85. The number of aromatic carboxylic acids is 1. The molecule has 2 aromatic rings. The van der Waals surface area contributed by atoms with Gasteiger partial charge in [0.1, 0.15) is 5.56 Å². The number of carboxylic acid groups (broad SMARTS) is 1. The molecular weight excluding hydrogens is 242 g/mol. The van der Waals surface area contributed by atoms with E-state index in [9.17, 15) is 4.79 Å². The molecule has 2 heterocycles. The molecule has 0 unspecified atom stereocenters. The predicted molar refractivity (Wildman–Crippen MR) is 62.3 cm³/mol. The maximum Gasteiger partial charge on any atom is 0.339 e. The van der Waals surface area contributed by atoms with Crippen LogP contribution in [-0.2, 0) is 6.54 Å². The van der Waals surface area contributed by atoms with Gasteiger partial charge in [0.15, 0.2) is 0 Å². The van der Waals surface area contributed by atoms with E-state index in [0.29, 0.717) is 17.3 Å². The molecule has 0 aliphatic carbocycles. The topological polar surface area (TPSA) is 68.0 Å². The monoisotopic (exact) mass is 251 g/mol. The minimum Gasteiger partial charge on any atom is -0.478 e. The molecule has 0 saturated heterocycles. The van der Waals surface area contributed by atoms with Gasteiger partial charge in [-0.1, -0.05) is 11.6 Å². The number of pyridine rings is 1. The van der Waals surface area contributed by atoms with Crippen molar-refractivity contribution in [1.82, 2.24) is 14.8 Å². The molecular formula is C11H10ClN3O2. The summed E-state index contributed by atoms with van der Waals surface area (Å²) in [6.45, 7) is 2.14. The fourth-order valence-electron chi connectivity index (χ4n) is 1.51. The van der Waals surface area contributed by atoms with Gasteiger partial charge in [0.25, 0.3) is 0 Å². The van der Waals surface area contributed by atoms with Crippen molar-refractivity contribution in [3.63, 3.8) is 0 Å². The van der Waals surface area contributed by atoms with E-state index in [0.717, 1.165) is 5.56 Å². The molecule has 0 spiro atoms. The van der Waals surface area contributed by atoms with Crippen LogP contribution in [0.1, 0.15) is 21.6 Å². The minimum absolute atomic E-state index is 0.204. The summed E-state index contributed by atoms with van der Waals surface area (Å²) < 4.78 is 1.60. The van der Waals surface area contributed by atoms with Gasteiger partial charge >= 0.3 is 5.97 Å². The summed E-state index contributed by atoms with van der Waals surface area (Å²) in [6.07, 6.45) is 4.53. The lowest BCUT2D eigenvalue weighted by molar-refractivity contribution is 0.0696. The van der Waals surface area contributed by atoms with Crippen molar-refractivity contribution in [2.24, 2.45) is 0 Å². The third-order valence-electron chi connectivity index (χ3n) is 2.51. The smallest absolute Gasteiger partial charge is 0.339 e. The van der Waals surface area contributed by atoms with Gasteiger partial charge in [-0.2, -0.15) is 5.10 Å². The SMILES string of the molecule is Cc1c(C(=O)O)cnn1Cc1ccncc1Cl. The van der Waals surface area contributed by atoms with E-state index < -0.39 is 5.97 Å². The van der Waals surface area contributed by atoms with Crippen molar-refractivity contribution in [1.29, 1.82) is 0 Å². The molecule has 2 aromatic heterocycles. The lowest BCUT2D eigenvalue weighted by atomic mass is 10.2. The van der Waals surface area contributed by atoms with Crippen LogP contribution >= 0.6 is 11.6 Å². The van der Waals surface area contributed by atoms with Gasteiger partial charge in [-0.15, -0.1) is 0 Å². The second kappa shape index (κ2) is 4.55. The molecule has 5 nitrogen and oxygen atoms in total. The van der Waals surface area contributed by atoms with Crippen LogP contribution in [0.4, 0.5) is 0 Å². The Morgan fingerprint density at radius 1 is 1.53 bits per heavy atom. The first-order valence-corrected chi connectivity index (χ1v) is 5.31. The molecule has 6 heteroatoms. The molecule has 0 saturated carbocycles. The van der Waals surface area contributed by atoms with E-state index in [-0.39, 0.29) is 5.56 Å². The highest BCUT2D eigenvalue weighted by Gasteiger charge is 2.13. The van der Waals surface area contributed by atoms with Crippen LogP contribution in [0.3, 0.4) is 0 Å². The lowest BCUT2D eigenvalue weighted by Crippen LogP contribution is -2.06. The molecule has 0 aliphatic rings. The summed E-state index contributed by atoms with van der Waals surface area (Å²) in [5, 5.41) is 13.5. The first kappa shape index (κ1) is 11.6. The maximum absolute atomic E-state index is 10.9. The van der Waals surface area contributed by atoms with Gasteiger partial charge in [-0.25, -0.2) is 4.79 Å². The predicted octanol–water partition coefficient (Wildman–Crippen LogP) is 1.99. The Hall–Kier alpha value is -1.88. The fourth-order valence-corrected chi connectivity index (χ4v) is 1.69. The Bertz CT molecular complexity index is 566. The number of hydrogen-bond acceptors (Lipinski definition) is 3. The van der Waals surface area contributed by atoms with E-state index in [2.05, 4.69) is 10.1 Å². The molecule has 0 radical (unpaired) electrons. The Balaban J connectivity index is 2.31. The van der Waals surface area contributed by atoms with E-state index in [1.165, 1.54) is 6.20 Å². The molecule has 0 amide bonds. The van der Waals surface area contributed by atoms with Crippen molar-refractivity contribution in [3.05, 3.63) is 46.5 Å². The zero-order chi connectivity index (χ0) is 12.4. The van der Waals surface area contributed by atoms with Crippen molar-refractivity contribution in [3.8, 4) is 0 Å². The van der Waals surface area contributed by atoms with Crippen LogP contribution in [0, 0.1) is 6.92 Å². The second-order valence-electron chi connectivity index (χ2n) is 3.57. The number of carboxylic acids is 1. The molecule has 0 fully saturated rings. The first-order valence-electron chi connectivity index (χ1n) is 4.93. The minimum atomic E-state index is -0.977. The average molecular weight is 252 g/mol. The van der Waals surface area contributed by atoms with Crippen LogP contribution in [0.5, 0.6) is 0 Å². The summed E-state index contributed by atoms with van der Waals surface area (Å²) in [7, 11) is 0. The Morgan fingerprint density at radius 3 is 2.88 bits per heavy atom. The summed E-state index contributed by atoms with van der Waals surface area (Å²) in [5.74, 6) is -0.977. The summed E-state index contributed by atoms with van der Waals surface area (Å²) in [6, 6.07) is 1.78. The zero-order valence-corrected chi connectivity index (χ0v) is 9.85. The van der Waals surface area contributed by atoms with Gasteiger partial charge in [0.05, 0.1) is 23.5 Å². The van der Waals surface area contributed by atoms with Gasteiger partial charge in [0, 0.05) is 12.4 Å². The average Bonchev–Trinajstić information content (AvgIpc) is 2.64. The highest BCUT2D eigenvalue weighted by atomic mass is 35.5. The van der Waals surface area contributed by atoms with Gasteiger partial charge in [0.2, 0.25) is 0 Å². The quantitative estimate of drug-likeness (QED) is 0.906. The van der Waals surface area contributed by atoms with Crippen molar-refractivity contribution in [2.45, 2.75) is 13.5 Å². The maximum atomic E-state index is 10.9. The normalized spacial score (nSPS) is 10.5. The first-order chi connectivity index (χ1) is 8.09. The molecule has 0 atom stereocenters. The summed E-state index contributed by atoms with van der Waals surface area (Å²) in [4.78, 5) is 14.8. The Labute approximate surface area is 103 Å². The Kier molecular flexibility index (Phi) is 3.10. The Morgan fingerprint density at radius 2 is 2.29 bits per heavy atom. The second-order valence-corrected chi connectivity index (χ2v) is 3.98. The van der Waals surface area contributed by atoms with Crippen LogP contribution in [0.25, 0.3) is 0 Å². The van der Waals surface area contributed by atoms with Crippen LogP contribution in [0.2, 0.25) is 5.02 Å². The molecule has 17 heavy (non-hydrogen) atoms. The summed E-state index contributed by atoms with van der Waals surface area (Å²) in [5.41, 5.74) is 1.66. The molecule has 0 aromatic carbocycles. The summed E-state index contributed by atoms with van der Waals surface area (Å²) >= 11 is 5.98. The number of carbonyl (C=O) groups is 1. The number of rotatable bonds is 3. The highest BCUT2D eigenvalue weighted by Crippen LogP contribution is 2.16.